The molecule has 8 heteroatoms. The minimum absolute atomic E-state index is 0.613. The maximum atomic E-state index is 5.29. The zero-order valence-electron chi connectivity index (χ0n) is 20.6. The van der Waals surface area contributed by atoms with Crippen molar-refractivity contribution in [3.8, 4) is 17.2 Å². The van der Waals surface area contributed by atoms with Crippen molar-refractivity contribution in [3.63, 3.8) is 0 Å². The van der Waals surface area contributed by atoms with E-state index in [1.807, 2.05) is 58.0 Å². The summed E-state index contributed by atoms with van der Waals surface area (Å²) in [6, 6.07) is 24.2. The number of methoxy groups -OCH3 is 2. The van der Waals surface area contributed by atoms with Gasteiger partial charge in [-0.05, 0) is 59.7 Å². The van der Waals surface area contributed by atoms with Crippen LogP contribution in [-0.2, 0) is 13.1 Å². The van der Waals surface area contributed by atoms with Crippen LogP contribution in [0.1, 0.15) is 11.1 Å². The summed E-state index contributed by atoms with van der Waals surface area (Å²) in [6.45, 7) is 1.26. The Kier molecular flexibility index (Phi) is 5.90. The number of ether oxygens (including phenoxy) is 2. The van der Waals surface area contributed by atoms with Crippen LogP contribution in [0.4, 0.5) is 5.82 Å². The molecule has 1 N–H and O–H groups in total. The molecule has 0 radical (unpaired) electrons. The fourth-order valence-corrected chi connectivity index (χ4v) is 4.42. The van der Waals surface area contributed by atoms with Crippen molar-refractivity contribution >= 4 is 27.6 Å². The molecule has 3 aromatic carbocycles. The van der Waals surface area contributed by atoms with Gasteiger partial charge in [0.1, 0.15) is 17.0 Å². The molecule has 8 nitrogen and oxygen atoms in total. The van der Waals surface area contributed by atoms with Gasteiger partial charge in [-0.3, -0.25) is 4.68 Å². The van der Waals surface area contributed by atoms with E-state index in [0.29, 0.717) is 13.1 Å². The molecule has 0 saturated carbocycles. The van der Waals surface area contributed by atoms with Gasteiger partial charge < -0.3 is 14.8 Å². The molecule has 0 amide bonds. The lowest BCUT2D eigenvalue weighted by Crippen LogP contribution is -2.04. The highest BCUT2D eigenvalue weighted by molar-refractivity contribution is 6.08. The summed E-state index contributed by atoms with van der Waals surface area (Å²) in [5.41, 5.74) is 4.93. The zero-order chi connectivity index (χ0) is 25.2. The summed E-state index contributed by atoms with van der Waals surface area (Å²) < 4.78 is 14.4. The molecule has 3 heterocycles. The SMILES string of the molecule is COc1ccc(CNc2nc3cc(-n4cccn4)ccc3c3cn(Cc4ccc(OC)cc4)nc23)cc1. The van der Waals surface area contributed by atoms with Crippen LogP contribution in [0.3, 0.4) is 0 Å². The van der Waals surface area contributed by atoms with Gasteiger partial charge in [-0.2, -0.15) is 10.2 Å². The molecule has 3 aromatic heterocycles. The molecule has 0 spiro atoms. The van der Waals surface area contributed by atoms with Gasteiger partial charge in [-0.1, -0.05) is 24.3 Å². The number of hydrogen-bond donors (Lipinski definition) is 1. The molecule has 6 rings (SSSR count). The van der Waals surface area contributed by atoms with Gasteiger partial charge in [-0.25, -0.2) is 9.67 Å². The normalized spacial score (nSPS) is 11.2. The number of fused-ring (bicyclic) bond motifs is 3. The average molecular weight is 491 g/mol. The van der Waals surface area contributed by atoms with Gasteiger partial charge in [0, 0.05) is 35.9 Å². The van der Waals surface area contributed by atoms with E-state index in [9.17, 15) is 0 Å². The lowest BCUT2D eigenvalue weighted by Gasteiger charge is -2.10. The Bertz CT molecular complexity index is 1660. The Morgan fingerprint density at radius 2 is 1.57 bits per heavy atom. The first kappa shape index (κ1) is 22.6. The van der Waals surface area contributed by atoms with E-state index in [1.54, 1.807) is 20.4 Å². The number of benzene rings is 3. The maximum Gasteiger partial charge on any atom is 0.155 e. The molecular weight excluding hydrogens is 464 g/mol. The van der Waals surface area contributed by atoms with E-state index in [0.717, 1.165) is 55.9 Å². The Morgan fingerprint density at radius 3 is 2.24 bits per heavy atom. The quantitative estimate of drug-likeness (QED) is 0.306. The summed E-state index contributed by atoms with van der Waals surface area (Å²) >= 11 is 0. The van der Waals surface area contributed by atoms with Crippen molar-refractivity contribution in [2.75, 3.05) is 19.5 Å². The minimum Gasteiger partial charge on any atom is -0.497 e. The van der Waals surface area contributed by atoms with Crippen LogP contribution in [0.2, 0.25) is 0 Å². The Hall–Kier alpha value is -4.85. The van der Waals surface area contributed by atoms with E-state index in [1.165, 1.54) is 0 Å². The first-order chi connectivity index (χ1) is 18.2. The van der Waals surface area contributed by atoms with Gasteiger partial charge in [-0.15, -0.1) is 0 Å². The van der Waals surface area contributed by atoms with Crippen LogP contribution in [0.25, 0.3) is 27.5 Å². The topological polar surface area (TPSA) is 79.0 Å². The van der Waals surface area contributed by atoms with Crippen LogP contribution >= 0.6 is 0 Å². The zero-order valence-corrected chi connectivity index (χ0v) is 20.6. The Balaban J connectivity index is 1.40. The van der Waals surface area contributed by atoms with E-state index in [2.05, 4.69) is 46.9 Å². The highest BCUT2D eigenvalue weighted by Crippen LogP contribution is 2.30. The van der Waals surface area contributed by atoms with Crippen LogP contribution in [0.5, 0.6) is 11.5 Å². The first-order valence-corrected chi connectivity index (χ1v) is 12.0. The molecule has 0 saturated heterocycles. The van der Waals surface area contributed by atoms with Crippen molar-refractivity contribution in [3.05, 3.63) is 103 Å². The van der Waals surface area contributed by atoms with Gasteiger partial charge in [0.25, 0.3) is 0 Å². The molecule has 0 aliphatic carbocycles. The lowest BCUT2D eigenvalue weighted by molar-refractivity contribution is 0.414. The number of nitrogens with one attached hydrogen (secondary N) is 1. The van der Waals surface area contributed by atoms with Gasteiger partial charge in [0.2, 0.25) is 0 Å². The van der Waals surface area contributed by atoms with Crippen molar-refractivity contribution in [1.29, 1.82) is 0 Å². The number of aromatic nitrogens is 5. The van der Waals surface area contributed by atoms with Gasteiger partial charge >= 0.3 is 0 Å². The third kappa shape index (κ3) is 4.56. The summed E-state index contributed by atoms with van der Waals surface area (Å²) in [5, 5.41) is 14.9. The molecule has 0 bridgehead atoms. The Morgan fingerprint density at radius 1 is 0.838 bits per heavy atom. The summed E-state index contributed by atoms with van der Waals surface area (Å²) in [6.07, 6.45) is 5.79. The second kappa shape index (κ2) is 9.66. The second-order valence-corrected chi connectivity index (χ2v) is 8.75. The number of hydrogen-bond acceptors (Lipinski definition) is 6. The average Bonchev–Trinajstić information content (AvgIpc) is 3.63. The van der Waals surface area contributed by atoms with E-state index in [4.69, 9.17) is 19.6 Å². The summed E-state index contributed by atoms with van der Waals surface area (Å²) in [4.78, 5) is 5.00. The molecular formula is C29H26N6O2. The van der Waals surface area contributed by atoms with E-state index < -0.39 is 0 Å². The molecule has 0 atom stereocenters. The Labute approximate surface area is 214 Å². The van der Waals surface area contributed by atoms with E-state index in [-0.39, 0.29) is 0 Å². The minimum atomic E-state index is 0.613. The van der Waals surface area contributed by atoms with Crippen LogP contribution < -0.4 is 14.8 Å². The standard InChI is InChI=1S/C29H26N6O2/c1-36-23-9-4-20(5-10-23)17-30-29-28-26(19-34(33-28)18-21-6-11-24(37-2)12-7-21)25-13-8-22(16-27(25)32-29)35-15-3-14-31-35/h3-16,19H,17-18H2,1-2H3,(H,30,32). The van der Waals surface area contributed by atoms with Crippen molar-refractivity contribution in [1.82, 2.24) is 24.5 Å². The second-order valence-electron chi connectivity index (χ2n) is 8.75. The summed E-state index contributed by atoms with van der Waals surface area (Å²) in [7, 11) is 3.34. The number of pyridine rings is 1. The smallest absolute Gasteiger partial charge is 0.155 e. The van der Waals surface area contributed by atoms with Crippen LogP contribution in [-0.4, -0.2) is 38.8 Å². The lowest BCUT2D eigenvalue weighted by atomic mass is 10.1. The third-order valence-electron chi connectivity index (χ3n) is 6.38. The summed E-state index contributed by atoms with van der Waals surface area (Å²) in [5.74, 6) is 2.41. The number of nitrogens with zero attached hydrogens (tertiary/aromatic N) is 5. The largest absolute Gasteiger partial charge is 0.497 e. The third-order valence-corrected chi connectivity index (χ3v) is 6.38. The van der Waals surface area contributed by atoms with Crippen molar-refractivity contribution < 1.29 is 9.47 Å². The van der Waals surface area contributed by atoms with Crippen LogP contribution in [0.15, 0.2) is 91.4 Å². The molecule has 0 unspecified atom stereocenters. The highest BCUT2D eigenvalue weighted by atomic mass is 16.5. The molecule has 0 fully saturated rings. The van der Waals surface area contributed by atoms with Crippen molar-refractivity contribution in [2.45, 2.75) is 13.1 Å². The fourth-order valence-electron chi connectivity index (χ4n) is 4.42. The van der Waals surface area contributed by atoms with Gasteiger partial charge in [0.05, 0.1) is 32.0 Å². The van der Waals surface area contributed by atoms with E-state index >= 15 is 0 Å². The predicted octanol–water partition coefficient (Wildman–Crippen LogP) is 5.45. The predicted molar refractivity (Wildman–Crippen MR) is 145 cm³/mol. The van der Waals surface area contributed by atoms with Crippen molar-refractivity contribution in [2.24, 2.45) is 0 Å². The molecule has 184 valence electrons. The van der Waals surface area contributed by atoms with Gasteiger partial charge in [0.15, 0.2) is 5.82 Å². The monoisotopic (exact) mass is 490 g/mol. The highest BCUT2D eigenvalue weighted by Gasteiger charge is 2.14. The van der Waals surface area contributed by atoms with Crippen LogP contribution in [0, 0.1) is 0 Å². The fraction of sp³-hybridized carbons (Fsp3) is 0.138. The first-order valence-electron chi connectivity index (χ1n) is 12.0. The molecule has 37 heavy (non-hydrogen) atoms. The maximum absolute atomic E-state index is 5.29. The molecule has 0 aliphatic rings. The molecule has 0 aliphatic heterocycles. The number of rotatable bonds is 8. The number of anilines is 1. The molecule has 6 aromatic rings.